The lowest BCUT2D eigenvalue weighted by molar-refractivity contribution is -0.268. The van der Waals surface area contributed by atoms with Crippen LogP contribution in [0.3, 0.4) is 0 Å². The normalized spacial score (nSPS) is 23.0. The lowest BCUT2D eigenvalue weighted by atomic mass is 9.94. The molecule has 150 valence electrons. The lowest BCUT2D eigenvalue weighted by Crippen LogP contribution is -2.50. The second kappa shape index (κ2) is 7.38. The number of rotatable bonds is 5. The Bertz CT molecular complexity index is 720. The molecule has 1 saturated heterocycles. The predicted molar refractivity (Wildman–Crippen MR) is 91.9 cm³/mol. The minimum absolute atomic E-state index is 0.0716. The topological polar surface area (TPSA) is 82.5 Å². The van der Waals surface area contributed by atoms with Gasteiger partial charge in [0, 0.05) is 30.2 Å². The van der Waals surface area contributed by atoms with Gasteiger partial charge in [0.2, 0.25) is 17.4 Å². The van der Waals surface area contributed by atoms with Gasteiger partial charge in [-0.3, -0.25) is 9.59 Å². The second-order valence-corrected chi connectivity index (χ2v) is 8.15. The van der Waals surface area contributed by atoms with Crippen LogP contribution in [0, 0.1) is 12.8 Å². The zero-order valence-electron chi connectivity index (χ0n) is 14.9. The Kier molecular flexibility index (Phi) is 5.49. The fourth-order valence-electron chi connectivity index (χ4n) is 3.14. The number of carbonyl (C=O) groups is 2. The van der Waals surface area contributed by atoms with E-state index in [1.165, 1.54) is 17.2 Å². The van der Waals surface area contributed by atoms with Crippen LogP contribution in [0.15, 0.2) is 5.38 Å². The summed E-state index contributed by atoms with van der Waals surface area (Å²) in [5.74, 6) is -1.41. The number of hydrogen-bond donors (Lipinski definition) is 2. The molecule has 0 aromatic carbocycles. The van der Waals surface area contributed by atoms with Gasteiger partial charge in [0.15, 0.2) is 0 Å². The maximum Gasteiger partial charge on any atom is 0.424 e. The van der Waals surface area contributed by atoms with Crippen LogP contribution in [0.25, 0.3) is 0 Å². The van der Waals surface area contributed by atoms with Crippen molar-refractivity contribution in [3.8, 4) is 0 Å². The quantitative estimate of drug-likeness (QED) is 0.786. The average molecular weight is 405 g/mol. The van der Waals surface area contributed by atoms with E-state index in [2.05, 4.69) is 10.3 Å². The lowest BCUT2D eigenvalue weighted by Gasteiger charge is -2.35. The van der Waals surface area contributed by atoms with Crippen molar-refractivity contribution in [1.82, 2.24) is 15.2 Å². The minimum Gasteiger partial charge on any atom is -0.374 e. The summed E-state index contributed by atoms with van der Waals surface area (Å²) in [5, 5.41) is 14.1. The van der Waals surface area contributed by atoms with Gasteiger partial charge in [-0.25, -0.2) is 4.98 Å². The van der Waals surface area contributed by atoms with E-state index in [1.807, 2.05) is 0 Å². The highest BCUT2D eigenvalue weighted by Gasteiger charge is 2.58. The number of alkyl halides is 3. The number of aryl methyl sites for hydroxylation is 1. The largest absolute Gasteiger partial charge is 0.424 e. The first-order valence-corrected chi connectivity index (χ1v) is 9.78. The second-order valence-electron chi connectivity index (χ2n) is 7.29. The average Bonchev–Trinajstić information content (AvgIpc) is 3.30. The molecule has 6 nitrogen and oxygen atoms in total. The summed E-state index contributed by atoms with van der Waals surface area (Å²) in [6.45, 7) is 1.87. The predicted octanol–water partition coefficient (Wildman–Crippen LogP) is 2.11. The molecule has 2 amide bonds. The van der Waals surface area contributed by atoms with Crippen LogP contribution in [-0.4, -0.2) is 52.1 Å². The number of nitrogens with zero attached hydrogens (tertiary/aromatic N) is 2. The summed E-state index contributed by atoms with van der Waals surface area (Å²) < 4.78 is 40.7. The van der Waals surface area contributed by atoms with Gasteiger partial charge in [-0.1, -0.05) is 0 Å². The highest BCUT2D eigenvalue weighted by atomic mass is 32.1. The Morgan fingerprint density at radius 1 is 1.37 bits per heavy atom. The van der Waals surface area contributed by atoms with Gasteiger partial charge in [0.25, 0.3) is 0 Å². The number of thiazole rings is 1. The van der Waals surface area contributed by atoms with Crippen LogP contribution >= 0.6 is 11.3 Å². The van der Waals surface area contributed by atoms with Crippen molar-refractivity contribution in [3.05, 3.63) is 16.1 Å². The molecule has 0 spiro atoms. The molecule has 1 aliphatic carbocycles. The molecule has 10 heteroatoms. The monoisotopic (exact) mass is 405 g/mol. The molecule has 2 heterocycles. The number of hydrogen-bond acceptors (Lipinski definition) is 5. The first-order valence-electron chi connectivity index (χ1n) is 8.90. The van der Waals surface area contributed by atoms with Crippen molar-refractivity contribution in [2.75, 3.05) is 13.1 Å². The molecular weight excluding hydrogens is 383 g/mol. The van der Waals surface area contributed by atoms with Crippen LogP contribution in [0.4, 0.5) is 13.2 Å². The van der Waals surface area contributed by atoms with Crippen LogP contribution in [-0.2, 0) is 15.2 Å². The highest BCUT2D eigenvalue weighted by Crippen LogP contribution is 2.43. The van der Waals surface area contributed by atoms with Crippen molar-refractivity contribution in [1.29, 1.82) is 0 Å². The fraction of sp³-hybridized carbons (Fsp3) is 0.706. The number of likely N-dealkylation sites (tertiary alicyclic amines) is 1. The van der Waals surface area contributed by atoms with Crippen molar-refractivity contribution in [2.24, 2.45) is 5.92 Å². The number of amides is 2. The molecule has 1 saturated carbocycles. The molecule has 2 unspecified atom stereocenters. The van der Waals surface area contributed by atoms with Crippen LogP contribution in [0.1, 0.15) is 42.8 Å². The molecule has 1 aliphatic heterocycles. The van der Waals surface area contributed by atoms with Gasteiger partial charge < -0.3 is 15.3 Å². The Labute approximate surface area is 158 Å². The number of halogens is 3. The molecule has 27 heavy (non-hydrogen) atoms. The van der Waals surface area contributed by atoms with E-state index in [4.69, 9.17) is 0 Å². The smallest absolute Gasteiger partial charge is 0.374 e. The van der Waals surface area contributed by atoms with Crippen molar-refractivity contribution >= 4 is 23.2 Å². The Morgan fingerprint density at radius 3 is 2.63 bits per heavy atom. The molecule has 0 radical (unpaired) electrons. The van der Waals surface area contributed by atoms with E-state index in [0.29, 0.717) is 29.9 Å². The summed E-state index contributed by atoms with van der Waals surface area (Å²) in [4.78, 5) is 29.7. The molecular formula is C17H22F3N3O3S. The number of aromatic nitrogens is 1. The third-order valence-corrected chi connectivity index (χ3v) is 6.03. The van der Waals surface area contributed by atoms with Gasteiger partial charge in [0.05, 0.1) is 12.3 Å². The highest BCUT2D eigenvalue weighted by molar-refractivity contribution is 7.09. The van der Waals surface area contributed by atoms with Crippen LogP contribution in [0.5, 0.6) is 0 Å². The number of carbonyl (C=O) groups excluding carboxylic acids is 2. The van der Waals surface area contributed by atoms with E-state index < -0.39 is 35.0 Å². The Hall–Kier alpha value is -1.68. The third kappa shape index (κ3) is 4.43. The molecule has 0 bridgehead atoms. The molecule has 3 rings (SSSR count). The van der Waals surface area contributed by atoms with E-state index in [1.54, 1.807) is 0 Å². The van der Waals surface area contributed by atoms with Crippen LogP contribution in [0.2, 0.25) is 0 Å². The van der Waals surface area contributed by atoms with E-state index in [0.717, 1.165) is 12.8 Å². The first-order chi connectivity index (χ1) is 12.6. The van der Waals surface area contributed by atoms with Gasteiger partial charge >= 0.3 is 6.18 Å². The van der Waals surface area contributed by atoms with Gasteiger partial charge in [-0.2, -0.15) is 13.2 Å². The fourth-order valence-corrected chi connectivity index (χ4v) is 4.05. The molecule has 1 aromatic heterocycles. The molecule has 2 aliphatic rings. The van der Waals surface area contributed by atoms with Gasteiger partial charge in [-0.05, 0) is 32.6 Å². The maximum absolute atomic E-state index is 13.6. The van der Waals surface area contributed by atoms with E-state index >= 15 is 0 Å². The zero-order chi connectivity index (χ0) is 19.8. The Balaban J connectivity index is 1.70. The van der Waals surface area contributed by atoms with Gasteiger partial charge in [0.1, 0.15) is 5.01 Å². The molecule has 2 fully saturated rings. The van der Waals surface area contributed by atoms with Gasteiger partial charge in [-0.15, -0.1) is 11.3 Å². The summed E-state index contributed by atoms with van der Waals surface area (Å²) in [5.41, 5.74) is -2.98. The standard InChI is InChI=1S/C17H22F3N3O3S/c1-10-9-27-15(21-10)16(26,17(18,19)20)7-13(24)23-6-2-3-11(8-23)14(25)22-12-4-5-12/h9,11-12,26H,2-8H2,1H3,(H,22,25). The first kappa shape index (κ1) is 20.1. The van der Waals surface area contributed by atoms with Crippen LogP contribution < -0.4 is 5.32 Å². The summed E-state index contributed by atoms with van der Waals surface area (Å²) >= 11 is 0.675. The maximum atomic E-state index is 13.6. The summed E-state index contributed by atoms with van der Waals surface area (Å²) in [7, 11) is 0. The molecule has 2 atom stereocenters. The van der Waals surface area contributed by atoms with E-state index in [-0.39, 0.29) is 25.0 Å². The molecule has 2 N–H and O–H groups in total. The summed E-state index contributed by atoms with van der Waals surface area (Å²) in [6.07, 6.45) is -3.17. The summed E-state index contributed by atoms with van der Waals surface area (Å²) in [6, 6.07) is 0.187. The van der Waals surface area contributed by atoms with Crippen molar-refractivity contribution in [3.63, 3.8) is 0 Å². The van der Waals surface area contributed by atoms with Crippen molar-refractivity contribution < 1.29 is 27.9 Å². The van der Waals surface area contributed by atoms with Crippen molar-refractivity contribution in [2.45, 2.75) is 56.8 Å². The number of nitrogens with one attached hydrogen (secondary N) is 1. The number of piperidine rings is 1. The minimum atomic E-state index is -5.04. The molecule has 1 aromatic rings. The number of aliphatic hydroxyl groups is 1. The SMILES string of the molecule is Cc1csc(C(O)(CC(=O)N2CCCC(C(=O)NC3CC3)C2)C(F)(F)F)n1. The van der Waals surface area contributed by atoms with E-state index in [9.17, 15) is 27.9 Å². The third-order valence-electron chi connectivity index (χ3n) is 4.92. The Morgan fingerprint density at radius 2 is 2.07 bits per heavy atom. The zero-order valence-corrected chi connectivity index (χ0v) is 15.7.